The van der Waals surface area contributed by atoms with Crippen LogP contribution in [0.15, 0.2) is 24.3 Å². The average molecular weight is 231 g/mol. The Balaban J connectivity index is 2.63. The first-order chi connectivity index (χ1) is 8.08. The van der Waals surface area contributed by atoms with E-state index in [1.54, 1.807) is 6.07 Å². The summed E-state index contributed by atoms with van der Waals surface area (Å²) in [6.07, 6.45) is 0. The van der Waals surface area contributed by atoms with Crippen molar-refractivity contribution in [2.24, 2.45) is 0 Å². The molecule has 0 saturated carbocycles. The van der Waals surface area contributed by atoms with Crippen LogP contribution in [0.3, 0.4) is 0 Å². The van der Waals surface area contributed by atoms with Crippen molar-refractivity contribution in [3.63, 3.8) is 0 Å². The van der Waals surface area contributed by atoms with Gasteiger partial charge in [-0.25, -0.2) is 0 Å². The van der Waals surface area contributed by atoms with Crippen LogP contribution < -0.4 is 0 Å². The molecule has 0 bridgehead atoms. The molecule has 0 amide bonds. The molecule has 2 aromatic carbocycles. The molecule has 0 fully saturated rings. The van der Waals surface area contributed by atoms with Gasteiger partial charge in [-0.2, -0.15) is 0 Å². The number of aromatic amines is 1. The van der Waals surface area contributed by atoms with Crippen molar-refractivity contribution in [2.45, 2.75) is 0 Å². The molecule has 0 aliphatic carbocycles. The van der Waals surface area contributed by atoms with Crippen LogP contribution in [0.2, 0.25) is 0 Å². The lowest BCUT2D eigenvalue weighted by atomic mass is 10.1. The smallest absolute Gasteiger partial charge is 0.167 e. The Labute approximate surface area is 95.2 Å². The van der Waals surface area contributed by atoms with Gasteiger partial charge in [0.2, 0.25) is 0 Å². The SMILES string of the molecule is Oc1ccc2[nH]c3c(O)cc(O)c(O)c3c2c1. The summed E-state index contributed by atoms with van der Waals surface area (Å²) < 4.78 is 0. The predicted molar refractivity (Wildman–Crippen MR) is 62.5 cm³/mol. The summed E-state index contributed by atoms with van der Waals surface area (Å²) in [5.41, 5.74) is 0.968. The van der Waals surface area contributed by atoms with E-state index in [0.29, 0.717) is 16.4 Å². The number of rotatable bonds is 0. The van der Waals surface area contributed by atoms with Crippen molar-refractivity contribution >= 4 is 21.8 Å². The molecule has 0 aliphatic heterocycles. The van der Waals surface area contributed by atoms with Gasteiger partial charge in [0.1, 0.15) is 11.5 Å². The van der Waals surface area contributed by atoms with Crippen LogP contribution >= 0.6 is 0 Å². The fourth-order valence-electron chi connectivity index (χ4n) is 2.02. The Bertz CT molecular complexity index is 745. The number of aromatic nitrogens is 1. The van der Waals surface area contributed by atoms with Crippen LogP contribution in [0.25, 0.3) is 21.8 Å². The first kappa shape index (κ1) is 9.65. The largest absolute Gasteiger partial charge is 0.508 e. The third-order valence-corrected chi connectivity index (χ3v) is 2.79. The molecule has 17 heavy (non-hydrogen) atoms. The highest BCUT2D eigenvalue weighted by atomic mass is 16.3. The molecule has 0 unspecified atom stereocenters. The van der Waals surface area contributed by atoms with Crippen molar-refractivity contribution < 1.29 is 20.4 Å². The molecule has 1 aromatic heterocycles. The molecule has 5 N–H and O–H groups in total. The second-order valence-corrected chi connectivity index (χ2v) is 3.87. The van der Waals surface area contributed by atoms with Crippen LogP contribution in [0.1, 0.15) is 0 Å². The van der Waals surface area contributed by atoms with Gasteiger partial charge in [0.25, 0.3) is 0 Å². The predicted octanol–water partition coefficient (Wildman–Crippen LogP) is 2.14. The second kappa shape index (κ2) is 2.98. The molecule has 0 saturated heterocycles. The zero-order chi connectivity index (χ0) is 12.2. The highest BCUT2D eigenvalue weighted by molar-refractivity contribution is 6.13. The summed E-state index contributed by atoms with van der Waals surface area (Å²) >= 11 is 0. The molecular formula is C12H9NO4. The third kappa shape index (κ3) is 1.19. The Morgan fingerprint density at radius 1 is 0.882 bits per heavy atom. The molecule has 0 aliphatic rings. The number of nitrogens with one attached hydrogen (secondary N) is 1. The Morgan fingerprint density at radius 2 is 1.65 bits per heavy atom. The van der Waals surface area contributed by atoms with Crippen molar-refractivity contribution in [2.75, 3.05) is 0 Å². The van der Waals surface area contributed by atoms with Crippen LogP contribution in [-0.4, -0.2) is 25.4 Å². The summed E-state index contributed by atoms with van der Waals surface area (Å²) in [5, 5.41) is 39.2. The summed E-state index contributed by atoms with van der Waals surface area (Å²) in [6.45, 7) is 0. The number of phenolic OH excluding ortho intramolecular Hbond substituents is 4. The van der Waals surface area contributed by atoms with Gasteiger partial charge < -0.3 is 25.4 Å². The molecule has 5 heteroatoms. The lowest BCUT2D eigenvalue weighted by molar-refractivity contribution is 0.402. The minimum Gasteiger partial charge on any atom is -0.508 e. The highest BCUT2D eigenvalue weighted by Crippen LogP contribution is 2.43. The van der Waals surface area contributed by atoms with Crippen molar-refractivity contribution in [3.8, 4) is 23.0 Å². The van der Waals surface area contributed by atoms with Gasteiger partial charge in [-0.15, -0.1) is 0 Å². The van der Waals surface area contributed by atoms with Gasteiger partial charge >= 0.3 is 0 Å². The van der Waals surface area contributed by atoms with Crippen molar-refractivity contribution in [3.05, 3.63) is 24.3 Å². The van der Waals surface area contributed by atoms with Gasteiger partial charge in [-0.05, 0) is 18.2 Å². The number of benzene rings is 2. The Hall–Kier alpha value is -2.56. The van der Waals surface area contributed by atoms with E-state index in [-0.39, 0.29) is 22.6 Å². The molecule has 0 spiro atoms. The maximum absolute atomic E-state index is 9.80. The highest BCUT2D eigenvalue weighted by Gasteiger charge is 2.16. The Morgan fingerprint density at radius 3 is 2.41 bits per heavy atom. The zero-order valence-corrected chi connectivity index (χ0v) is 8.60. The van der Waals surface area contributed by atoms with Crippen LogP contribution in [0.4, 0.5) is 0 Å². The number of hydrogen-bond donors (Lipinski definition) is 5. The molecule has 5 nitrogen and oxygen atoms in total. The van der Waals surface area contributed by atoms with Crippen molar-refractivity contribution in [1.29, 1.82) is 0 Å². The first-order valence-corrected chi connectivity index (χ1v) is 4.96. The van der Waals surface area contributed by atoms with E-state index in [0.717, 1.165) is 6.07 Å². The number of aromatic hydroxyl groups is 4. The van der Waals surface area contributed by atoms with E-state index in [4.69, 9.17) is 0 Å². The van der Waals surface area contributed by atoms with Crippen LogP contribution in [0, 0.1) is 0 Å². The molecular weight excluding hydrogens is 222 g/mol. The summed E-state index contributed by atoms with van der Waals surface area (Å²) in [7, 11) is 0. The Kier molecular flexibility index (Phi) is 1.69. The number of H-pyrrole nitrogens is 1. The maximum atomic E-state index is 9.80. The van der Waals surface area contributed by atoms with Gasteiger partial charge in [0.15, 0.2) is 11.5 Å². The molecule has 0 radical (unpaired) electrons. The average Bonchev–Trinajstić information content (AvgIpc) is 2.65. The van der Waals surface area contributed by atoms with Crippen LogP contribution in [-0.2, 0) is 0 Å². The zero-order valence-electron chi connectivity index (χ0n) is 8.60. The van der Waals surface area contributed by atoms with E-state index >= 15 is 0 Å². The van der Waals surface area contributed by atoms with E-state index in [9.17, 15) is 20.4 Å². The molecule has 1 heterocycles. The third-order valence-electron chi connectivity index (χ3n) is 2.79. The van der Waals surface area contributed by atoms with E-state index in [2.05, 4.69) is 4.98 Å². The fourth-order valence-corrected chi connectivity index (χ4v) is 2.02. The van der Waals surface area contributed by atoms with Crippen molar-refractivity contribution in [1.82, 2.24) is 4.98 Å². The molecule has 0 atom stereocenters. The maximum Gasteiger partial charge on any atom is 0.167 e. The van der Waals surface area contributed by atoms with E-state index in [1.807, 2.05) is 0 Å². The summed E-state index contributed by atoms with van der Waals surface area (Å²) in [4.78, 5) is 2.91. The minimum absolute atomic E-state index is 0.0423. The minimum atomic E-state index is -0.403. The molecule has 3 rings (SSSR count). The molecule has 3 aromatic rings. The lowest BCUT2D eigenvalue weighted by Gasteiger charge is -2.01. The number of hydrogen-bond acceptors (Lipinski definition) is 4. The fraction of sp³-hybridized carbons (Fsp3) is 0. The lowest BCUT2D eigenvalue weighted by Crippen LogP contribution is -1.74. The van der Waals surface area contributed by atoms with E-state index < -0.39 is 5.75 Å². The summed E-state index contributed by atoms with van der Waals surface area (Å²) in [5.74, 6) is -0.847. The quantitative estimate of drug-likeness (QED) is 0.302. The van der Waals surface area contributed by atoms with E-state index in [1.165, 1.54) is 12.1 Å². The molecule has 86 valence electrons. The monoisotopic (exact) mass is 231 g/mol. The topological polar surface area (TPSA) is 96.7 Å². The number of fused-ring (bicyclic) bond motifs is 3. The van der Waals surface area contributed by atoms with Crippen LogP contribution in [0.5, 0.6) is 23.0 Å². The first-order valence-electron chi connectivity index (χ1n) is 4.96. The van der Waals surface area contributed by atoms with Gasteiger partial charge in [0.05, 0.1) is 10.9 Å². The van der Waals surface area contributed by atoms with Gasteiger partial charge in [-0.1, -0.05) is 0 Å². The van der Waals surface area contributed by atoms with Gasteiger partial charge in [0, 0.05) is 17.0 Å². The van der Waals surface area contributed by atoms with Gasteiger partial charge in [-0.3, -0.25) is 0 Å². The normalized spacial score (nSPS) is 11.3. The second-order valence-electron chi connectivity index (χ2n) is 3.87. The standard InChI is InChI=1S/C12H9NO4/c14-5-1-2-7-6(3-5)10-11(13-7)8(15)4-9(16)12(10)17/h1-4,13-17H. The summed E-state index contributed by atoms with van der Waals surface area (Å²) in [6, 6.07) is 5.63. The number of phenols is 4.